The topological polar surface area (TPSA) is 38.0 Å². The lowest BCUT2D eigenvalue weighted by Crippen LogP contribution is -1.96. The number of benzene rings is 3. The summed E-state index contributed by atoms with van der Waals surface area (Å²) in [5, 5.41) is 5.38. The molecule has 2 nitrogen and oxygen atoms in total. The van der Waals surface area contributed by atoms with Crippen molar-refractivity contribution < 1.29 is 4.39 Å². The van der Waals surface area contributed by atoms with E-state index in [0.717, 1.165) is 20.9 Å². The van der Waals surface area contributed by atoms with Crippen molar-refractivity contribution in [2.24, 2.45) is 0 Å². The van der Waals surface area contributed by atoms with Gasteiger partial charge < -0.3 is 11.1 Å². The van der Waals surface area contributed by atoms with Crippen molar-refractivity contribution in [2.75, 3.05) is 11.1 Å². The zero-order valence-corrected chi connectivity index (χ0v) is 12.1. The van der Waals surface area contributed by atoms with E-state index in [1.165, 1.54) is 12.1 Å². The van der Waals surface area contributed by atoms with Crippen molar-refractivity contribution in [1.82, 2.24) is 0 Å². The van der Waals surface area contributed by atoms with Crippen LogP contribution in [0.2, 0.25) is 0 Å². The highest BCUT2D eigenvalue weighted by Gasteiger charge is 2.03. The summed E-state index contributed by atoms with van der Waals surface area (Å²) in [5.74, 6) is -0.314. The number of nitrogens with one attached hydrogen (secondary N) is 1. The van der Waals surface area contributed by atoms with Crippen LogP contribution in [0.25, 0.3) is 10.8 Å². The molecule has 3 aromatic carbocycles. The molecule has 0 aromatic heterocycles. The summed E-state index contributed by atoms with van der Waals surface area (Å²) < 4.78 is 14.3. The summed E-state index contributed by atoms with van der Waals surface area (Å²) in [6.07, 6.45) is 0. The molecule has 3 N–H and O–H groups in total. The van der Waals surface area contributed by atoms with Crippen molar-refractivity contribution in [1.29, 1.82) is 0 Å². The van der Waals surface area contributed by atoms with Crippen molar-refractivity contribution in [2.45, 2.75) is 0 Å². The van der Waals surface area contributed by atoms with Crippen LogP contribution in [-0.2, 0) is 0 Å². The Morgan fingerprint density at radius 2 is 1.65 bits per heavy atom. The fourth-order valence-corrected chi connectivity index (χ4v) is 2.47. The van der Waals surface area contributed by atoms with Crippen LogP contribution in [0.5, 0.6) is 0 Å². The molecule has 0 saturated heterocycles. The fraction of sp³-hybridized carbons (Fsp3) is 0. The van der Waals surface area contributed by atoms with E-state index in [9.17, 15) is 4.39 Å². The predicted molar refractivity (Wildman–Crippen MR) is 85.7 cm³/mol. The first kappa shape index (κ1) is 12.9. The van der Waals surface area contributed by atoms with Gasteiger partial charge in [0.15, 0.2) is 0 Å². The summed E-state index contributed by atoms with van der Waals surface area (Å²) >= 11 is 3.45. The highest BCUT2D eigenvalue weighted by molar-refractivity contribution is 9.10. The molecular weight excluding hydrogens is 319 g/mol. The van der Waals surface area contributed by atoms with Gasteiger partial charge in [-0.2, -0.15) is 0 Å². The zero-order chi connectivity index (χ0) is 14.1. The van der Waals surface area contributed by atoms with Crippen molar-refractivity contribution in [3.8, 4) is 0 Å². The first-order valence-electron chi connectivity index (χ1n) is 6.13. The molecule has 3 aromatic rings. The Morgan fingerprint density at radius 1 is 0.900 bits per heavy atom. The minimum absolute atomic E-state index is 0.314. The number of nitrogen functional groups attached to an aromatic ring is 1. The Morgan fingerprint density at radius 3 is 2.50 bits per heavy atom. The lowest BCUT2D eigenvalue weighted by molar-refractivity contribution is 0.628. The maximum absolute atomic E-state index is 13.2. The molecule has 0 spiro atoms. The van der Waals surface area contributed by atoms with Gasteiger partial charge in [0, 0.05) is 10.2 Å². The Bertz CT molecular complexity index is 787. The van der Waals surface area contributed by atoms with Crippen molar-refractivity contribution in [3.05, 3.63) is 64.9 Å². The summed E-state index contributed by atoms with van der Waals surface area (Å²) in [7, 11) is 0. The highest BCUT2D eigenvalue weighted by Crippen LogP contribution is 2.27. The Hall–Kier alpha value is -2.07. The number of hydrogen-bond acceptors (Lipinski definition) is 2. The number of fused-ring (bicyclic) bond motifs is 1. The maximum atomic E-state index is 13.2. The Kier molecular flexibility index (Phi) is 3.32. The molecule has 100 valence electrons. The SMILES string of the molecule is Nc1ccc(F)cc1Nc1ccc2cc(Br)ccc2c1. The Balaban J connectivity index is 1.98. The third-order valence-electron chi connectivity index (χ3n) is 3.10. The third kappa shape index (κ3) is 2.60. The quantitative estimate of drug-likeness (QED) is 0.644. The molecule has 0 atom stereocenters. The van der Waals surface area contributed by atoms with E-state index in [2.05, 4.69) is 27.3 Å². The van der Waals surface area contributed by atoms with Gasteiger partial charge in [-0.1, -0.05) is 28.1 Å². The van der Waals surface area contributed by atoms with Gasteiger partial charge in [-0.3, -0.25) is 0 Å². The second kappa shape index (κ2) is 5.13. The van der Waals surface area contributed by atoms with Crippen LogP contribution in [0.1, 0.15) is 0 Å². The lowest BCUT2D eigenvalue weighted by Gasteiger charge is -2.10. The number of nitrogens with two attached hydrogens (primary N) is 1. The summed E-state index contributed by atoms with van der Waals surface area (Å²) in [6.45, 7) is 0. The van der Waals surface area contributed by atoms with E-state index < -0.39 is 0 Å². The standard InChI is InChI=1S/C16H12BrFN2/c17-12-3-1-11-8-14(5-2-10(11)7-12)20-16-9-13(18)4-6-15(16)19/h1-9,20H,19H2. The molecule has 0 aliphatic carbocycles. The number of rotatable bonds is 2. The molecule has 0 bridgehead atoms. The maximum Gasteiger partial charge on any atom is 0.125 e. The molecule has 20 heavy (non-hydrogen) atoms. The van der Waals surface area contributed by atoms with E-state index in [4.69, 9.17) is 5.73 Å². The molecule has 0 aliphatic rings. The zero-order valence-electron chi connectivity index (χ0n) is 10.5. The van der Waals surface area contributed by atoms with Crippen molar-refractivity contribution in [3.63, 3.8) is 0 Å². The fourth-order valence-electron chi connectivity index (χ4n) is 2.09. The molecule has 0 unspecified atom stereocenters. The molecule has 0 amide bonds. The van der Waals surface area contributed by atoms with E-state index in [1.54, 1.807) is 6.07 Å². The second-order valence-electron chi connectivity index (χ2n) is 4.56. The largest absolute Gasteiger partial charge is 0.397 e. The molecule has 4 heteroatoms. The summed E-state index contributed by atoms with van der Waals surface area (Å²) in [6, 6.07) is 16.3. The first-order chi connectivity index (χ1) is 9.61. The van der Waals surface area contributed by atoms with Crippen LogP contribution in [0.3, 0.4) is 0 Å². The molecular formula is C16H12BrFN2. The normalized spacial score (nSPS) is 10.7. The number of hydrogen-bond donors (Lipinski definition) is 2. The second-order valence-corrected chi connectivity index (χ2v) is 5.48. The van der Waals surface area contributed by atoms with E-state index in [-0.39, 0.29) is 5.82 Å². The van der Waals surface area contributed by atoms with Crippen LogP contribution >= 0.6 is 15.9 Å². The minimum Gasteiger partial charge on any atom is -0.397 e. The van der Waals surface area contributed by atoms with Gasteiger partial charge in [-0.25, -0.2) is 4.39 Å². The monoisotopic (exact) mass is 330 g/mol. The first-order valence-corrected chi connectivity index (χ1v) is 6.92. The molecule has 0 radical (unpaired) electrons. The number of anilines is 3. The molecule has 3 rings (SSSR count). The van der Waals surface area contributed by atoms with E-state index >= 15 is 0 Å². The minimum atomic E-state index is -0.314. The average molecular weight is 331 g/mol. The van der Waals surface area contributed by atoms with E-state index in [1.807, 2.05) is 30.3 Å². The van der Waals surface area contributed by atoms with Crippen LogP contribution < -0.4 is 11.1 Å². The lowest BCUT2D eigenvalue weighted by atomic mass is 10.1. The van der Waals surface area contributed by atoms with Crippen LogP contribution in [0.15, 0.2) is 59.1 Å². The van der Waals surface area contributed by atoms with Gasteiger partial charge in [0.05, 0.1) is 11.4 Å². The molecule has 0 aliphatic heterocycles. The molecule has 0 heterocycles. The highest BCUT2D eigenvalue weighted by atomic mass is 79.9. The van der Waals surface area contributed by atoms with Crippen LogP contribution in [0.4, 0.5) is 21.5 Å². The van der Waals surface area contributed by atoms with E-state index in [0.29, 0.717) is 11.4 Å². The van der Waals surface area contributed by atoms with Gasteiger partial charge in [0.1, 0.15) is 5.82 Å². The number of halogens is 2. The van der Waals surface area contributed by atoms with Crippen LogP contribution in [0, 0.1) is 5.82 Å². The van der Waals surface area contributed by atoms with Gasteiger partial charge in [0.2, 0.25) is 0 Å². The van der Waals surface area contributed by atoms with Gasteiger partial charge in [-0.05, 0) is 53.2 Å². The van der Waals surface area contributed by atoms with Crippen LogP contribution in [-0.4, -0.2) is 0 Å². The molecule has 0 saturated carbocycles. The smallest absolute Gasteiger partial charge is 0.125 e. The average Bonchev–Trinajstić information content (AvgIpc) is 2.43. The predicted octanol–water partition coefficient (Wildman–Crippen LogP) is 5.07. The van der Waals surface area contributed by atoms with Gasteiger partial charge in [-0.15, -0.1) is 0 Å². The Labute approximate surface area is 124 Å². The van der Waals surface area contributed by atoms with Crippen molar-refractivity contribution >= 4 is 43.8 Å². The summed E-state index contributed by atoms with van der Waals surface area (Å²) in [5.41, 5.74) is 7.79. The third-order valence-corrected chi connectivity index (χ3v) is 3.59. The summed E-state index contributed by atoms with van der Waals surface area (Å²) in [4.78, 5) is 0. The molecule has 0 fully saturated rings. The van der Waals surface area contributed by atoms with Gasteiger partial charge >= 0.3 is 0 Å². The van der Waals surface area contributed by atoms with Gasteiger partial charge in [0.25, 0.3) is 0 Å².